The number of benzene rings is 2. The Morgan fingerprint density at radius 3 is 2.51 bits per heavy atom. The Morgan fingerprint density at radius 1 is 1.22 bits per heavy atom. The topological polar surface area (TPSA) is 104 Å². The van der Waals surface area contributed by atoms with E-state index < -0.39 is 38.6 Å². The molecule has 2 aromatic carbocycles. The standard InChI is InChI=1S/C25H27F2N3O5S2/c1-17(25(31,14-30-16-28-15-29-30)22-9-6-19(26)11-23(22)27)36-20-12-34-24(35-13-20)10-5-18-3-7-21(8-4-18)37(2,32)33/h3-11,15-17,20,24,31H,12-14H2,1-2H3/b10-5+. The summed E-state index contributed by atoms with van der Waals surface area (Å²) in [7, 11) is -3.26. The van der Waals surface area contributed by atoms with Crippen LogP contribution in [0.25, 0.3) is 6.08 Å². The molecule has 0 amide bonds. The molecule has 12 heteroatoms. The van der Waals surface area contributed by atoms with E-state index in [0.717, 1.165) is 24.0 Å². The van der Waals surface area contributed by atoms with Gasteiger partial charge < -0.3 is 14.6 Å². The zero-order valence-electron chi connectivity index (χ0n) is 20.2. The molecular weight excluding hydrogens is 524 g/mol. The van der Waals surface area contributed by atoms with Gasteiger partial charge in [0.05, 0.1) is 29.9 Å². The van der Waals surface area contributed by atoms with Gasteiger partial charge in [-0.3, -0.25) is 0 Å². The molecule has 0 aliphatic carbocycles. The Kier molecular flexibility index (Phi) is 8.44. The van der Waals surface area contributed by atoms with Gasteiger partial charge in [0.25, 0.3) is 0 Å². The summed E-state index contributed by atoms with van der Waals surface area (Å²) < 4.78 is 64.4. The number of halogens is 2. The highest BCUT2D eigenvalue weighted by Gasteiger charge is 2.41. The molecule has 1 aliphatic heterocycles. The van der Waals surface area contributed by atoms with Crippen LogP contribution in [0.3, 0.4) is 0 Å². The van der Waals surface area contributed by atoms with E-state index in [4.69, 9.17) is 9.47 Å². The monoisotopic (exact) mass is 551 g/mol. The third-order valence-corrected chi connectivity index (χ3v) is 8.57. The summed E-state index contributed by atoms with van der Waals surface area (Å²) in [6.07, 6.45) is 6.81. The second-order valence-corrected chi connectivity index (χ2v) is 12.4. The average molecular weight is 552 g/mol. The molecule has 1 N–H and O–H groups in total. The summed E-state index contributed by atoms with van der Waals surface area (Å²) in [5, 5.41) is 15.0. The van der Waals surface area contributed by atoms with Gasteiger partial charge in [0.2, 0.25) is 0 Å². The molecule has 0 saturated carbocycles. The molecule has 8 nitrogen and oxygen atoms in total. The van der Waals surface area contributed by atoms with Crippen LogP contribution in [0.2, 0.25) is 0 Å². The lowest BCUT2D eigenvalue weighted by Crippen LogP contribution is -2.43. The zero-order valence-corrected chi connectivity index (χ0v) is 21.8. The molecular formula is C25H27F2N3O5S2. The van der Waals surface area contributed by atoms with Gasteiger partial charge >= 0.3 is 0 Å². The van der Waals surface area contributed by atoms with E-state index in [1.165, 1.54) is 47.3 Å². The molecule has 1 aromatic heterocycles. The molecule has 1 aliphatic rings. The molecule has 0 spiro atoms. The van der Waals surface area contributed by atoms with Crippen molar-refractivity contribution < 1.29 is 31.8 Å². The van der Waals surface area contributed by atoms with Crippen molar-refractivity contribution in [2.75, 3.05) is 19.5 Å². The van der Waals surface area contributed by atoms with E-state index in [1.807, 2.05) is 0 Å². The summed E-state index contributed by atoms with van der Waals surface area (Å²) in [5.74, 6) is -1.58. The largest absolute Gasteiger partial charge is 0.382 e. The van der Waals surface area contributed by atoms with Crippen LogP contribution in [0.1, 0.15) is 18.1 Å². The van der Waals surface area contributed by atoms with Crippen molar-refractivity contribution in [3.63, 3.8) is 0 Å². The number of rotatable bonds is 9. The molecule has 4 rings (SSSR count). The summed E-state index contributed by atoms with van der Waals surface area (Å²) in [6.45, 7) is 2.32. The minimum Gasteiger partial charge on any atom is -0.382 e. The van der Waals surface area contributed by atoms with Crippen LogP contribution in [-0.2, 0) is 31.5 Å². The lowest BCUT2D eigenvalue weighted by atomic mass is 9.90. The maximum Gasteiger partial charge on any atom is 0.177 e. The quantitative estimate of drug-likeness (QED) is 0.432. The van der Waals surface area contributed by atoms with Crippen molar-refractivity contribution in [1.82, 2.24) is 14.8 Å². The van der Waals surface area contributed by atoms with E-state index in [2.05, 4.69) is 10.1 Å². The number of hydrogen-bond acceptors (Lipinski definition) is 8. The van der Waals surface area contributed by atoms with Gasteiger partial charge in [-0.05, 0) is 29.8 Å². The zero-order chi connectivity index (χ0) is 26.6. The highest BCUT2D eigenvalue weighted by molar-refractivity contribution is 8.00. The Labute approximate surface area is 218 Å². The van der Waals surface area contributed by atoms with Crippen molar-refractivity contribution in [2.45, 2.75) is 40.8 Å². The van der Waals surface area contributed by atoms with Gasteiger partial charge in [0.15, 0.2) is 16.1 Å². The van der Waals surface area contributed by atoms with Crippen LogP contribution in [0.15, 0.2) is 66.1 Å². The number of ether oxygens (including phenoxy) is 2. The number of nitrogens with zero attached hydrogens (tertiary/aromatic N) is 3. The predicted molar refractivity (Wildman–Crippen MR) is 135 cm³/mol. The molecule has 2 heterocycles. The molecule has 37 heavy (non-hydrogen) atoms. The number of aromatic nitrogens is 3. The molecule has 198 valence electrons. The van der Waals surface area contributed by atoms with Crippen LogP contribution in [0, 0.1) is 11.6 Å². The molecule has 0 bridgehead atoms. The third-order valence-electron chi connectivity index (χ3n) is 5.98. The second kappa shape index (κ2) is 11.4. The van der Waals surface area contributed by atoms with Gasteiger partial charge in [-0.2, -0.15) is 5.10 Å². The lowest BCUT2D eigenvalue weighted by Gasteiger charge is -2.37. The molecule has 2 unspecified atom stereocenters. The van der Waals surface area contributed by atoms with E-state index in [9.17, 15) is 22.3 Å². The van der Waals surface area contributed by atoms with E-state index in [-0.39, 0.29) is 22.3 Å². The van der Waals surface area contributed by atoms with Crippen LogP contribution in [-0.4, -0.2) is 64.5 Å². The van der Waals surface area contributed by atoms with Crippen molar-refractivity contribution in [2.24, 2.45) is 0 Å². The van der Waals surface area contributed by atoms with E-state index in [1.54, 1.807) is 31.2 Å². The van der Waals surface area contributed by atoms with Crippen molar-refractivity contribution in [3.8, 4) is 0 Å². The minimum absolute atomic E-state index is 0.0373. The Hall–Kier alpha value is -2.64. The summed E-state index contributed by atoms with van der Waals surface area (Å²) >= 11 is 1.37. The smallest absolute Gasteiger partial charge is 0.177 e. The van der Waals surface area contributed by atoms with Gasteiger partial charge in [0.1, 0.15) is 29.9 Å². The average Bonchev–Trinajstić information content (AvgIpc) is 3.36. The fourth-order valence-electron chi connectivity index (χ4n) is 3.94. The Bertz CT molecular complexity index is 1330. The van der Waals surface area contributed by atoms with Crippen molar-refractivity contribution in [1.29, 1.82) is 0 Å². The number of thioether (sulfide) groups is 1. The normalized spacial score (nSPS) is 21.1. The minimum atomic E-state index is -3.26. The van der Waals surface area contributed by atoms with Crippen molar-refractivity contribution in [3.05, 3.63) is 84.0 Å². The fourth-order valence-corrected chi connectivity index (χ4v) is 5.89. The first-order valence-corrected chi connectivity index (χ1v) is 14.3. The summed E-state index contributed by atoms with van der Waals surface area (Å²) in [5.41, 5.74) is -0.959. The van der Waals surface area contributed by atoms with Gasteiger partial charge in [-0.15, -0.1) is 11.8 Å². The number of hydrogen-bond donors (Lipinski definition) is 1. The van der Waals surface area contributed by atoms with Crippen molar-refractivity contribution >= 4 is 27.7 Å². The SMILES string of the molecule is CC(SC1COC(/C=C/c2ccc(S(C)(=O)=O)cc2)OC1)C(O)(Cn1cncn1)c1ccc(F)cc1F. The fraction of sp³-hybridized carbons (Fsp3) is 0.360. The lowest BCUT2D eigenvalue weighted by molar-refractivity contribution is -0.146. The summed E-state index contributed by atoms with van der Waals surface area (Å²) in [6, 6.07) is 9.57. The van der Waals surface area contributed by atoms with E-state index in [0.29, 0.717) is 13.2 Å². The van der Waals surface area contributed by atoms with Gasteiger partial charge in [-0.1, -0.05) is 31.2 Å². The first-order chi connectivity index (χ1) is 17.5. The highest BCUT2D eigenvalue weighted by Crippen LogP contribution is 2.38. The van der Waals surface area contributed by atoms with Crippen LogP contribution >= 0.6 is 11.8 Å². The molecule has 0 radical (unpaired) electrons. The van der Waals surface area contributed by atoms with Gasteiger partial charge in [-0.25, -0.2) is 26.9 Å². The molecule has 3 aromatic rings. The third kappa shape index (κ3) is 6.82. The van der Waals surface area contributed by atoms with Crippen LogP contribution < -0.4 is 0 Å². The summed E-state index contributed by atoms with van der Waals surface area (Å²) in [4.78, 5) is 4.12. The number of sulfone groups is 1. The molecule has 1 fully saturated rings. The second-order valence-electron chi connectivity index (χ2n) is 8.78. The maximum absolute atomic E-state index is 14.7. The van der Waals surface area contributed by atoms with Crippen LogP contribution in [0.4, 0.5) is 8.78 Å². The first-order valence-electron chi connectivity index (χ1n) is 11.4. The van der Waals surface area contributed by atoms with Crippen LogP contribution in [0.5, 0.6) is 0 Å². The highest BCUT2D eigenvalue weighted by atomic mass is 32.2. The first kappa shape index (κ1) is 27.4. The maximum atomic E-state index is 14.7. The van der Waals surface area contributed by atoms with E-state index >= 15 is 0 Å². The Balaban J connectivity index is 1.39. The Morgan fingerprint density at radius 2 is 1.92 bits per heavy atom. The van der Waals surface area contributed by atoms with Gasteiger partial charge in [0, 0.05) is 23.1 Å². The number of aliphatic hydroxyl groups is 1. The predicted octanol–water partition coefficient (Wildman–Crippen LogP) is 3.42. The molecule has 2 atom stereocenters. The molecule has 1 saturated heterocycles.